The van der Waals surface area contributed by atoms with E-state index in [1.165, 1.54) is 19.6 Å². The van der Waals surface area contributed by atoms with Gasteiger partial charge in [0.25, 0.3) is 0 Å². The maximum Gasteiger partial charge on any atom is 0.508 e. The summed E-state index contributed by atoms with van der Waals surface area (Å²) in [5, 5.41) is 21.5. The molecule has 2 aromatic heterocycles. The summed E-state index contributed by atoms with van der Waals surface area (Å²) < 4.78 is 25.1. The number of rotatable bonds is 7. The van der Waals surface area contributed by atoms with Crippen molar-refractivity contribution in [3.05, 3.63) is 18.3 Å². The number of ether oxygens (including phenoxy) is 1. The molecular weight excluding hydrogens is 383 g/mol. The fraction of sp³-hybridized carbons (Fsp3) is 0.722. The molecule has 1 aliphatic rings. The van der Waals surface area contributed by atoms with Crippen molar-refractivity contribution in [2.75, 3.05) is 12.8 Å². The summed E-state index contributed by atoms with van der Waals surface area (Å²) in [7, 11) is -1.87. The lowest BCUT2D eigenvalue weighted by Gasteiger charge is -2.27. The smallest absolute Gasteiger partial charge is 0.387 e. The lowest BCUT2D eigenvalue weighted by molar-refractivity contribution is -0.0947. The van der Waals surface area contributed by atoms with Gasteiger partial charge in [-0.2, -0.15) is 0 Å². The Morgan fingerprint density at radius 1 is 1.36 bits per heavy atom. The predicted molar refractivity (Wildman–Crippen MR) is 103 cm³/mol. The van der Waals surface area contributed by atoms with E-state index in [4.69, 9.17) is 9.26 Å². The molecule has 0 aromatic carbocycles. The standard InChI is InChI=1S/C18H28N4O5P/c1-10(2)11(3)7-28(25)26-6-13-15(23)18(5,24)17(27-13)22-9-21-14-12(4)19-8-20-16(14)22/h8-11,13,15,17,23-24H,6-7H2,1-5H3/q+1/t11?,13-,15-,17-,18-/m1/s1. The highest BCUT2D eigenvalue weighted by molar-refractivity contribution is 7.39. The van der Waals surface area contributed by atoms with Crippen molar-refractivity contribution in [2.24, 2.45) is 11.8 Å². The Hall–Kier alpha value is -1.51. The summed E-state index contributed by atoms with van der Waals surface area (Å²) in [6.07, 6.45) is 0.404. The van der Waals surface area contributed by atoms with E-state index in [0.29, 0.717) is 28.9 Å². The maximum absolute atomic E-state index is 12.2. The maximum atomic E-state index is 12.2. The minimum atomic E-state index is -1.87. The molecule has 2 N–H and O–H groups in total. The number of aliphatic hydroxyl groups excluding tert-OH is 1. The number of aromatic nitrogens is 4. The molecule has 2 unspecified atom stereocenters. The fourth-order valence-electron chi connectivity index (χ4n) is 3.17. The average Bonchev–Trinajstić information content (AvgIpc) is 3.14. The number of nitrogens with zero attached hydrogens (tertiary/aromatic N) is 4. The fourth-order valence-corrected chi connectivity index (χ4v) is 4.48. The first-order chi connectivity index (χ1) is 13.1. The zero-order chi connectivity index (χ0) is 20.6. The number of aliphatic hydroxyl groups is 2. The molecule has 0 aliphatic carbocycles. The predicted octanol–water partition coefficient (Wildman–Crippen LogP) is 2.20. The number of aryl methyl sites for hydroxylation is 1. The highest BCUT2D eigenvalue weighted by Gasteiger charge is 2.54. The van der Waals surface area contributed by atoms with Crippen molar-refractivity contribution >= 4 is 19.2 Å². The van der Waals surface area contributed by atoms with Crippen LogP contribution in [0.25, 0.3) is 11.2 Å². The van der Waals surface area contributed by atoms with Gasteiger partial charge in [-0.15, -0.1) is 4.52 Å². The number of fused-ring (bicyclic) bond motifs is 1. The van der Waals surface area contributed by atoms with Crippen LogP contribution in [0.4, 0.5) is 0 Å². The second-order valence-corrected chi connectivity index (χ2v) is 9.30. The van der Waals surface area contributed by atoms with Crippen LogP contribution in [-0.4, -0.2) is 60.3 Å². The van der Waals surface area contributed by atoms with E-state index in [2.05, 4.69) is 28.8 Å². The van der Waals surface area contributed by atoms with Crippen molar-refractivity contribution in [3.8, 4) is 0 Å². The lowest BCUT2D eigenvalue weighted by Crippen LogP contribution is -2.44. The molecule has 6 atom stereocenters. The molecule has 154 valence electrons. The molecule has 1 saturated heterocycles. The van der Waals surface area contributed by atoms with E-state index >= 15 is 0 Å². The molecule has 9 nitrogen and oxygen atoms in total. The SMILES string of the molecule is Cc1ncnc2c1ncn2[C@@H]1O[C@H](CO[P+](=O)CC(C)C(C)C)[C@@H](O)[C@@]1(C)O. The normalized spacial score (nSPS) is 29.6. The summed E-state index contributed by atoms with van der Waals surface area (Å²) in [5.74, 6) is 0.662. The number of hydrogen-bond acceptors (Lipinski definition) is 8. The third-order valence-electron chi connectivity index (χ3n) is 5.51. The molecular formula is C18H28N4O5P+. The topological polar surface area (TPSA) is 120 Å². The van der Waals surface area contributed by atoms with Gasteiger partial charge in [-0.25, -0.2) is 15.0 Å². The molecule has 2 aromatic rings. The summed E-state index contributed by atoms with van der Waals surface area (Å²) >= 11 is 0. The minimum absolute atomic E-state index is 0.0749. The number of hydrogen-bond donors (Lipinski definition) is 2. The molecule has 1 fully saturated rings. The van der Waals surface area contributed by atoms with Crippen LogP contribution in [0.1, 0.15) is 39.6 Å². The van der Waals surface area contributed by atoms with Gasteiger partial charge in [-0.1, -0.05) is 20.8 Å². The molecule has 3 rings (SSSR count). The van der Waals surface area contributed by atoms with Crippen molar-refractivity contribution in [1.29, 1.82) is 0 Å². The minimum Gasteiger partial charge on any atom is -0.387 e. The molecule has 28 heavy (non-hydrogen) atoms. The van der Waals surface area contributed by atoms with E-state index in [-0.39, 0.29) is 12.5 Å². The monoisotopic (exact) mass is 411 g/mol. The summed E-state index contributed by atoms with van der Waals surface area (Å²) in [6.45, 7) is 9.39. The molecule has 10 heteroatoms. The van der Waals surface area contributed by atoms with Crippen LogP contribution in [0, 0.1) is 18.8 Å². The van der Waals surface area contributed by atoms with Gasteiger partial charge in [0.05, 0.1) is 12.0 Å². The average molecular weight is 411 g/mol. The summed E-state index contributed by atoms with van der Waals surface area (Å²) in [6, 6.07) is 0. The van der Waals surface area contributed by atoms with Crippen molar-refractivity contribution < 1.29 is 24.0 Å². The highest BCUT2D eigenvalue weighted by atomic mass is 31.1. The third kappa shape index (κ3) is 3.95. The first-order valence-electron chi connectivity index (χ1n) is 9.40. The molecule has 1 aliphatic heterocycles. The molecule has 0 radical (unpaired) electrons. The third-order valence-corrected chi connectivity index (χ3v) is 6.82. The van der Waals surface area contributed by atoms with E-state index in [0.717, 1.165) is 0 Å². The first kappa shape index (κ1) is 21.2. The van der Waals surface area contributed by atoms with Crippen LogP contribution in [0.2, 0.25) is 0 Å². The Labute approximate surface area is 165 Å². The van der Waals surface area contributed by atoms with Gasteiger partial charge < -0.3 is 14.9 Å². The second-order valence-electron chi connectivity index (χ2n) is 8.01. The number of imidazole rings is 1. The largest absolute Gasteiger partial charge is 0.508 e. The Morgan fingerprint density at radius 2 is 2.07 bits per heavy atom. The van der Waals surface area contributed by atoms with Crippen LogP contribution < -0.4 is 0 Å². The zero-order valence-electron chi connectivity index (χ0n) is 16.8. The molecule has 0 saturated carbocycles. The van der Waals surface area contributed by atoms with Crippen molar-refractivity contribution in [2.45, 2.75) is 58.7 Å². The first-order valence-corrected chi connectivity index (χ1v) is 10.8. The quantitative estimate of drug-likeness (QED) is 0.666. The van der Waals surface area contributed by atoms with Gasteiger partial charge in [0, 0.05) is 5.92 Å². The van der Waals surface area contributed by atoms with Crippen LogP contribution >= 0.6 is 8.03 Å². The molecule has 0 amide bonds. The summed E-state index contributed by atoms with van der Waals surface area (Å²) in [4.78, 5) is 12.6. The molecule has 3 heterocycles. The van der Waals surface area contributed by atoms with Crippen LogP contribution in [-0.2, 0) is 13.8 Å². The molecule has 0 bridgehead atoms. The zero-order valence-corrected chi connectivity index (χ0v) is 17.7. The molecule has 0 spiro atoms. The van der Waals surface area contributed by atoms with Crippen LogP contribution in [0.3, 0.4) is 0 Å². The van der Waals surface area contributed by atoms with E-state index < -0.39 is 32.1 Å². The van der Waals surface area contributed by atoms with Crippen molar-refractivity contribution in [3.63, 3.8) is 0 Å². The highest BCUT2D eigenvalue weighted by Crippen LogP contribution is 2.40. The van der Waals surface area contributed by atoms with Gasteiger partial charge in [-0.05, 0) is 24.3 Å². The van der Waals surface area contributed by atoms with Gasteiger partial charge in [-0.3, -0.25) is 4.57 Å². The van der Waals surface area contributed by atoms with E-state index in [1.54, 1.807) is 4.57 Å². The Morgan fingerprint density at radius 3 is 2.75 bits per heavy atom. The second kappa shape index (κ2) is 8.08. The van der Waals surface area contributed by atoms with Crippen LogP contribution in [0.15, 0.2) is 12.7 Å². The summed E-state index contributed by atoms with van der Waals surface area (Å²) in [5.41, 5.74) is 0.209. The van der Waals surface area contributed by atoms with E-state index in [9.17, 15) is 14.8 Å². The van der Waals surface area contributed by atoms with Gasteiger partial charge in [0.1, 0.15) is 36.3 Å². The van der Waals surface area contributed by atoms with E-state index in [1.807, 2.05) is 13.8 Å². The van der Waals surface area contributed by atoms with Crippen LogP contribution in [0.5, 0.6) is 0 Å². The Kier molecular flexibility index (Phi) is 6.12. The Balaban J connectivity index is 1.73. The lowest BCUT2D eigenvalue weighted by atomic mass is 9.96. The van der Waals surface area contributed by atoms with Gasteiger partial charge in [0.15, 0.2) is 18.0 Å². The Bertz CT molecular complexity index is 856. The van der Waals surface area contributed by atoms with Gasteiger partial charge >= 0.3 is 8.03 Å². The van der Waals surface area contributed by atoms with Crippen molar-refractivity contribution in [1.82, 2.24) is 19.5 Å². The van der Waals surface area contributed by atoms with Gasteiger partial charge in [0.2, 0.25) is 0 Å².